The summed E-state index contributed by atoms with van der Waals surface area (Å²) in [5.41, 5.74) is 11.7. The number of hydrogen-bond acceptors (Lipinski definition) is 2. The van der Waals surface area contributed by atoms with Crippen molar-refractivity contribution in [3.63, 3.8) is 0 Å². The Morgan fingerprint density at radius 3 is 2.19 bits per heavy atom. The molecule has 0 spiro atoms. The zero-order valence-electron chi connectivity index (χ0n) is 8.58. The summed E-state index contributed by atoms with van der Waals surface area (Å²) in [6.07, 6.45) is 4.26. The van der Waals surface area contributed by atoms with E-state index in [2.05, 4.69) is 6.58 Å². The Bertz CT molecular complexity index is 442. The Labute approximate surface area is 92.6 Å². The number of allylic oxidation sites excluding steroid dienone is 3. The van der Waals surface area contributed by atoms with Gasteiger partial charge in [0.2, 0.25) is 0 Å². The second-order valence-electron chi connectivity index (χ2n) is 3.18. The molecule has 0 amide bonds. The summed E-state index contributed by atoms with van der Waals surface area (Å²) in [6.45, 7) is 3.67. The van der Waals surface area contributed by atoms with E-state index in [-0.39, 0.29) is 0 Å². The van der Waals surface area contributed by atoms with Crippen molar-refractivity contribution in [3.05, 3.63) is 66.0 Å². The van der Waals surface area contributed by atoms with Gasteiger partial charge in [-0.15, -0.1) is 0 Å². The minimum Gasteiger partial charge on any atom is -0.403 e. The maximum absolute atomic E-state index is 12.9. The standard InChI is InChI=1S/C12H12F2N2/c1-8(2-3-12(16)7-15)9-4-10(13)6-11(14)5-9/h2-7H,1,15-16H2/b3-2-,12-7+. The molecule has 0 unspecified atom stereocenters. The van der Waals surface area contributed by atoms with Gasteiger partial charge in [0.25, 0.3) is 0 Å². The molecule has 84 valence electrons. The SMILES string of the molecule is C=C(/C=C\C(N)=C/N)c1cc(F)cc(F)c1. The molecule has 0 heterocycles. The number of halogens is 2. The van der Waals surface area contributed by atoms with Crippen LogP contribution >= 0.6 is 0 Å². The second-order valence-corrected chi connectivity index (χ2v) is 3.18. The highest BCUT2D eigenvalue weighted by molar-refractivity contribution is 5.72. The summed E-state index contributed by atoms with van der Waals surface area (Å²) in [4.78, 5) is 0. The van der Waals surface area contributed by atoms with E-state index in [9.17, 15) is 8.78 Å². The normalized spacial score (nSPS) is 12.0. The lowest BCUT2D eigenvalue weighted by Gasteiger charge is -2.01. The molecule has 1 rings (SSSR count). The van der Waals surface area contributed by atoms with E-state index in [1.54, 1.807) is 0 Å². The van der Waals surface area contributed by atoms with Gasteiger partial charge in [-0.25, -0.2) is 8.78 Å². The van der Waals surface area contributed by atoms with Crippen LogP contribution in [0.3, 0.4) is 0 Å². The van der Waals surface area contributed by atoms with Crippen molar-refractivity contribution in [2.24, 2.45) is 11.5 Å². The first-order valence-electron chi connectivity index (χ1n) is 4.53. The van der Waals surface area contributed by atoms with Crippen molar-refractivity contribution in [1.29, 1.82) is 0 Å². The molecule has 4 heteroatoms. The molecule has 2 nitrogen and oxygen atoms in total. The first-order valence-corrected chi connectivity index (χ1v) is 4.53. The van der Waals surface area contributed by atoms with E-state index < -0.39 is 11.6 Å². The smallest absolute Gasteiger partial charge is 0.126 e. The Morgan fingerprint density at radius 2 is 1.69 bits per heavy atom. The molecule has 0 fully saturated rings. The van der Waals surface area contributed by atoms with Crippen LogP contribution in [0.2, 0.25) is 0 Å². The van der Waals surface area contributed by atoms with Crippen molar-refractivity contribution >= 4 is 5.57 Å². The molecule has 4 N–H and O–H groups in total. The van der Waals surface area contributed by atoms with E-state index >= 15 is 0 Å². The van der Waals surface area contributed by atoms with E-state index in [0.717, 1.165) is 6.07 Å². The molecule has 16 heavy (non-hydrogen) atoms. The Kier molecular flexibility index (Phi) is 3.83. The maximum atomic E-state index is 12.9. The van der Waals surface area contributed by atoms with Gasteiger partial charge < -0.3 is 11.5 Å². The average molecular weight is 222 g/mol. The summed E-state index contributed by atoms with van der Waals surface area (Å²) < 4.78 is 25.8. The average Bonchev–Trinajstić information content (AvgIpc) is 2.23. The number of rotatable bonds is 3. The van der Waals surface area contributed by atoms with Crippen molar-refractivity contribution < 1.29 is 8.78 Å². The first kappa shape index (κ1) is 12.0. The Balaban J connectivity index is 2.93. The molecule has 0 bridgehead atoms. The molecule has 0 aliphatic rings. The summed E-state index contributed by atoms with van der Waals surface area (Å²) in [7, 11) is 0. The number of hydrogen-bond donors (Lipinski definition) is 2. The number of nitrogens with two attached hydrogens (primary N) is 2. The van der Waals surface area contributed by atoms with Crippen LogP contribution in [0.25, 0.3) is 5.57 Å². The quantitative estimate of drug-likeness (QED) is 0.771. The fourth-order valence-corrected chi connectivity index (χ4v) is 1.09. The van der Waals surface area contributed by atoms with Crippen molar-refractivity contribution in [3.8, 4) is 0 Å². The third-order valence-electron chi connectivity index (χ3n) is 1.90. The van der Waals surface area contributed by atoms with Gasteiger partial charge in [-0.3, -0.25) is 0 Å². The van der Waals surface area contributed by atoms with Gasteiger partial charge in [-0.05, 0) is 29.3 Å². The topological polar surface area (TPSA) is 52.0 Å². The third-order valence-corrected chi connectivity index (χ3v) is 1.90. The van der Waals surface area contributed by atoms with Crippen molar-refractivity contribution in [2.75, 3.05) is 0 Å². The van der Waals surface area contributed by atoms with Crippen LogP contribution in [0.5, 0.6) is 0 Å². The molecule has 1 aromatic carbocycles. The van der Waals surface area contributed by atoms with Crippen LogP contribution in [-0.2, 0) is 0 Å². The largest absolute Gasteiger partial charge is 0.403 e. The lowest BCUT2D eigenvalue weighted by atomic mass is 10.1. The summed E-state index contributed by atoms with van der Waals surface area (Å²) in [5.74, 6) is -1.29. The summed E-state index contributed by atoms with van der Waals surface area (Å²) >= 11 is 0. The lowest BCUT2D eigenvalue weighted by Crippen LogP contribution is -1.96. The van der Waals surface area contributed by atoms with E-state index in [1.165, 1.54) is 30.5 Å². The molecule has 1 aromatic rings. The molecule has 0 aliphatic carbocycles. The molecule has 0 saturated heterocycles. The first-order chi connectivity index (χ1) is 7.52. The molecule has 0 aliphatic heterocycles. The van der Waals surface area contributed by atoms with Crippen LogP contribution in [0.1, 0.15) is 5.56 Å². The van der Waals surface area contributed by atoms with Crippen LogP contribution < -0.4 is 11.5 Å². The van der Waals surface area contributed by atoms with Crippen LogP contribution in [0.15, 0.2) is 48.8 Å². The second kappa shape index (κ2) is 5.11. The van der Waals surface area contributed by atoms with Crippen LogP contribution in [0, 0.1) is 11.6 Å². The highest BCUT2D eigenvalue weighted by Gasteiger charge is 2.01. The van der Waals surface area contributed by atoms with Gasteiger partial charge in [0.1, 0.15) is 11.6 Å². The minimum absolute atomic E-state index is 0.345. The zero-order chi connectivity index (χ0) is 12.1. The molecule has 0 saturated carbocycles. The fraction of sp³-hybridized carbons (Fsp3) is 0. The predicted molar refractivity (Wildman–Crippen MR) is 61.0 cm³/mol. The fourth-order valence-electron chi connectivity index (χ4n) is 1.09. The van der Waals surface area contributed by atoms with Crippen molar-refractivity contribution in [1.82, 2.24) is 0 Å². The van der Waals surface area contributed by atoms with Gasteiger partial charge in [-0.1, -0.05) is 12.7 Å². The highest BCUT2D eigenvalue weighted by atomic mass is 19.1. The van der Waals surface area contributed by atoms with E-state index in [4.69, 9.17) is 11.5 Å². The molecule has 0 radical (unpaired) electrons. The van der Waals surface area contributed by atoms with E-state index in [1.807, 2.05) is 0 Å². The Morgan fingerprint density at radius 1 is 1.12 bits per heavy atom. The van der Waals surface area contributed by atoms with Gasteiger partial charge in [0, 0.05) is 18.0 Å². The third kappa shape index (κ3) is 3.24. The van der Waals surface area contributed by atoms with Crippen molar-refractivity contribution in [2.45, 2.75) is 0 Å². The van der Waals surface area contributed by atoms with Crippen LogP contribution in [0.4, 0.5) is 8.78 Å². The molecule has 0 aromatic heterocycles. The summed E-state index contributed by atoms with van der Waals surface area (Å²) in [5, 5.41) is 0. The number of benzene rings is 1. The highest BCUT2D eigenvalue weighted by Crippen LogP contribution is 2.17. The van der Waals surface area contributed by atoms with Gasteiger partial charge in [0.05, 0.1) is 0 Å². The summed E-state index contributed by atoms with van der Waals surface area (Å²) in [6, 6.07) is 3.19. The maximum Gasteiger partial charge on any atom is 0.126 e. The lowest BCUT2D eigenvalue weighted by molar-refractivity contribution is 0.582. The zero-order valence-corrected chi connectivity index (χ0v) is 8.58. The molecular weight excluding hydrogens is 210 g/mol. The minimum atomic E-state index is -0.646. The van der Waals surface area contributed by atoms with Crippen LogP contribution in [-0.4, -0.2) is 0 Å². The van der Waals surface area contributed by atoms with Gasteiger partial charge in [-0.2, -0.15) is 0 Å². The monoisotopic (exact) mass is 222 g/mol. The molecule has 0 atom stereocenters. The van der Waals surface area contributed by atoms with E-state index in [0.29, 0.717) is 16.8 Å². The van der Waals surface area contributed by atoms with Gasteiger partial charge >= 0.3 is 0 Å². The molecular formula is C12H12F2N2. The Hall–Kier alpha value is -2.10. The predicted octanol–water partition coefficient (Wildman–Crippen LogP) is 2.29. The van der Waals surface area contributed by atoms with Gasteiger partial charge in [0.15, 0.2) is 0 Å².